The van der Waals surface area contributed by atoms with Crippen molar-refractivity contribution in [3.63, 3.8) is 0 Å². The number of rotatable bonds is 5. The number of nitrogens with zero attached hydrogens (tertiary/aromatic N) is 1. The fourth-order valence-corrected chi connectivity index (χ4v) is 2.36. The van der Waals surface area contributed by atoms with Gasteiger partial charge in [-0.05, 0) is 36.8 Å². The van der Waals surface area contributed by atoms with Gasteiger partial charge in [-0.15, -0.1) is 0 Å². The summed E-state index contributed by atoms with van der Waals surface area (Å²) in [5.41, 5.74) is 1.45. The number of benzene rings is 2. The Morgan fingerprint density at radius 2 is 2.10 bits per heavy atom. The van der Waals surface area contributed by atoms with Gasteiger partial charge in [0.05, 0.1) is 4.92 Å². The molecule has 0 radical (unpaired) electrons. The molecule has 0 aliphatic heterocycles. The molecule has 0 amide bonds. The molecule has 6 heteroatoms. The van der Waals surface area contributed by atoms with Gasteiger partial charge in [0, 0.05) is 28.7 Å². The molecule has 0 aliphatic carbocycles. The second-order valence-corrected chi connectivity index (χ2v) is 5.60. The van der Waals surface area contributed by atoms with Crippen LogP contribution in [0.1, 0.15) is 24.1 Å². The summed E-state index contributed by atoms with van der Waals surface area (Å²) in [7, 11) is 0. The Kier molecular flexibility index (Phi) is 5.03. The van der Waals surface area contributed by atoms with E-state index in [2.05, 4.69) is 21.2 Å². The predicted octanol–water partition coefficient (Wildman–Crippen LogP) is 4.35. The summed E-state index contributed by atoms with van der Waals surface area (Å²) < 4.78 is 13.8. The van der Waals surface area contributed by atoms with Crippen LogP contribution in [-0.2, 0) is 6.54 Å². The maximum Gasteiger partial charge on any atom is 0.275 e. The Bertz CT molecular complexity index is 664. The molecular formula is C15H14BrFN2O2. The monoisotopic (exact) mass is 352 g/mol. The lowest BCUT2D eigenvalue weighted by Crippen LogP contribution is -2.18. The predicted molar refractivity (Wildman–Crippen MR) is 82.5 cm³/mol. The van der Waals surface area contributed by atoms with Gasteiger partial charge in [-0.2, -0.15) is 0 Å². The van der Waals surface area contributed by atoms with E-state index in [-0.39, 0.29) is 17.5 Å². The average Bonchev–Trinajstić information content (AvgIpc) is 2.45. The third-order valence-corrected chi connectivity index (χ3v) is 3.68. The number of hydrogen-bond donors (Lipinski definition) is 1. The van der Waals surface area contributed by atoms with Gasteiger partial charge < -0.3 is 5.32 Å². The molecule has 0 saturated heterocycles. The van der Waals surface area contributed by atoms with Gasteiger partial charge >= 0.3 is 0 Å². The third-order valence-electron chi connectivity index (χ3n) is 3.19. The van der Waals surface area contributed by atoms with Gasteiger partial charge in [0.25, 0.3) is 5.69 Å². The van der Waals surface area contributed by atoms with Crippen LogP contribution in [0, 0.1) is 15.9 Å². The summed E-state index contributed by atoms with van der Waals surface area (Å²) in [6.45, 7) is 2.22. The standard InChI is InChI=1S/C15H14BrFN2O2/c1-10(11-3-2-4-14(17)7-11)18-9-12-5-6-13(16)8-15(12)19(20)21/h2-8,10,18H,9H2,1H3. The SMILES string of the molecule is CC(NCc1ccc(Br)cc1[N+](=O)[O-])c1cccc(F)c1. The highest BCUT2D eigenvalue weighted by Crippen LogP contribution is 2.24. The Balaban J connectivity index is 2.11. The fraction of sp³-hybridized carbons (Fsp3) is 0.200. The van der Waals surface area contributed by atoms with E-state index in [4.69, 9.17) is 0 Å². The molecule has 1 atom stereocenters. The minimum Gasteiger partial charge on any atom is -0.306 e. The number of nitro benzene ring substituents is 1. The van der Waals surface area contributed by atoms with Crippen LogP contribution in [0.2, 0.25) is 0 Å². The molecule has 4 nitrogen and oxygen atoms in total. The van der Waals surface area contributed by atoms with Crippen molar-refractivity contribution in [3.8, 4) is 0 Å². The molecule has 0 spiro atoms. The molecule has 0 aliphatic rings. The summed E-state index contributed by atoms with van der Waals surface area (Å²) in [5, 5.41) is 14.2. The van der Waals surface area contributed by atoms with E-state index < -0.39 is 4.92 Å². The maximum atomic E-state index is 13.2. The van der Waals surface area contributed by atoms with E-state index in [0.29, 0.717) is 16.6 Å². The molecule has 0 fully saturated rings. The molecule has 21 heavy (non-hydrogen) atoms. The van der Waals surface area contributed by atoms with E-state index in [0.717, 1.165) is 5.56 Å². The summed E-state index contributed by atoms with van der Waals surface area (Å²) in [4.78, 5) is 10.6. The number of hydrogen-bond acceptors (Lipinski definition) is 3. The highest BCUT2D eigenvalue weighted by molar-refractivity contribution is 9.10. The zero-order chi connectivity index (χ0) is 15.4. The first-order chi connectivity index (χ1) is 9.97. The molecule has 2 aromatic rings. The third kappa shape index (κ3) is 4.09. The van der Waals surface area contributed by atoms with Crippen molar-refractivity contribution in [2.24, 2.45) is 0 Å². The van der Waals surface area contributed by atoms with Crippen LogP contribution in [0.4, 0.5) is 10.1 Å². The molecule has 2 aromatic carbocycles. The maximum absolute atomic E-state index is 13.2. The Hall–Kier alpha value is -1.79. The van der Waals surface area contributed by atoms with E-state index in [1.807, 2.05) is 13.0 Å². The van der Waals surface area contributed by atoms with Gasteiger partial charge in [0.2, 0.25) is 0 Å². The minimum atomic E-state index is -0.408. The summed E-state index contributed by atoms with van der Waals surface area (Å²) >= 11 is 3.22. The second kappa shape index (κ2) is 6.78. The van der Waals surface area contributed by atoms with Gasteiger partial charge in [-0.1, -0.05) is 28.1 Å². The van der Waals surface area contributed by atoms with E-state index in [9.17, 15) is 14.5 Å². The van der Waals surface area contributed by atoms with Gasteiger partial charge in [-0.25, -0.2) is 4.39 Å². The molecule has 0 bridgehead atoms. The van der Waals surface area contributed by atoms with Crippen LogP contribution < -0.4 is 5.32 Å². The van der Waals surface area contributed by atoms with E-state index in [1.165, 1.54) is 18.2 Å². The lowest BCUT2D eigenvalue weighted by atomic mass is 10.1. The summed E-state index contributed by atoms with van der Waals surface area (Å²) in [5.74, 6) is -0.296. The topological polar surface area (TPSA) is 55.2 Å². The lowest BCUT2D eigenvalue weighted by Gasteiger charge is -2.14. The van der Waals surface area contributed by atoms with Crippen molar-refractivity contribution in [3.05, 3.63) is 74.0 Å². The minimum absolute atomic E-state index is 0.0586. The van der Waals surface area contributed by atoms with Crippen molar-refractivity contribution in [1.82, 2.24) is 5.32 Å². The molecule has 0 heterocycles. The van der Waals surface area contributed by atoms with Crippen LogP contribution in [0.15, 0.2) is 46.9 Å². The van der Waals surface area contributed by atoms with E-state index in [1.54, 1.807) is 18.2 Å². The zero-order valence-electron chi connectivity index (χ0n) is 11.3. The first kappa shape index (κ1) is 15.6. The van der Waals surface area contributed by atoms with Gasteiger partial charge in [-0.3, -0.25) is 10.1 Å². The van der Waals surface area contributed by atoms with Crippen LogP contribution in [-0.4, -0.2) is 4.92 Å². The fourth-order valence-electron chi connectivity index (χ4n) is 2.01. The largest absolute Gasteiger partial charge is 0.306 e. The molecule has 2 rings (SSSR count). The Labute approximate surface area is 130 Å². The second-order valence-electron chi connectivity index (χ2n) is 4.69. The summed E-state index contributed by atoms with van der Waals surface area (Å²) in [6, 6.07) is 11.1. The first-order valence-electron chi connectivity index (χ1n) is 6.39. The average molecular weight is 353 g/mol. The van der Waals surface area contributed by atoms with Crippen molar-refractivity contribution in [2.75, 3.05) is 0 Å². The van der Waals surface area contributed by atoms with Crippen LogP contribution >= 0.6 is 15.9 Å². The van der Waals surface area contributed by atoms with Crippen molar-refractivity contribution < 1.29 is 9.31 Å². The number of halogens is 2. The van der Waals surface area contributed by atoms with E-state index >= 15 is 0 Å². The van der Waals surface area contributed by atoms with Crippen LogP contribution in [0.25, 0.3) is 0 Å². The highest BCUT2D eigenvalue weighted by atomic mass is 79.9. The zero-order valence-corrected chi connectivity index (χ0v) is 12.9. The number of nitro groups is 1. The van der Waals surface area contributed by atoms with Crippen molar-refractivity contribution >= 4 is 21.6 Å². The van der Waals surface area contributed by atoms with Crippen LogP contribution in [0.3, 0.4) is 0 Å². The number of nitrogens with one attached hydrogen (secondary N) is 1. The van der Waals surface area contributed by atoms with Crippen LogP contribution in [0.5, 0.6) is 0 Å². The first-order valence-corrected chi connectivity index (χ1v) is 7.18. The highest BCUT2D eigenvalue weighted by Gasteiger charge is 2.15. The van der Waals surface area contributed by atoms with Gasteiger partial charge in [0.15, 0.2) is 0 Å². The van der Waals surface area contributed by atoms with Gasteiger partial charge in [0.1, 0.15) is 5.82 Å². The van der Waals surface area contributed by atoms with Crippen molar-refractivity contribution in [1.29, 1.82) is 0 Å². The Morgan fingerprint density at radius 1 is 1.33 bits per heavy atom. The quantitative estimate of drug-likeness (QED) is 0.642. The van der Waals surface area contributed by atoms with Crippen molar-refractivity contribution in [2.45, 2.75) is 19.5 Å². The smallest absolute Gasteiger partial charge is 0.275 e. The molecule has 0 aromatic heterocycles. The normalized spacial score (nSPS) is 12.1. The summed E-state index contributed by atoms with van der Waals surface area (Å²) in [6.07, 6.45) is 0. The molecule has 110 valence electrons. The molecular weight excluding hydrogens is 339 g/mol. The molecule has 0 saturated carbocycles. The molecule has 1 unspecified atom stereocenters. The Morgan fingerprint density at radius 3 is 2.76 bits per heavy atom. The lowest BCUT2D eigenvalue weighted by molar-refractivity contribution is -0.385. The molecule has 1 N–H and O–H groups in total.